The summed E-state index contributed by atoms with van der Waals surface area (Å²) in [6, 6.07) is 0.524. The second-order valence-electron chi connectivity index (χ2n) is 10.4. The van der Waals surface area contributed by atoms with Gasteiger partial charge in [0.05, 0.1) is 5.56 Å². The molecule has 2 unspecified atom stereocenters. The molecule has 5 atom stereocenters. The maximum Gasteiger partial charge on any atom is 0.416 e. The summed E-state index contributed by atoms with van der Waals surface area (Å²) in [5, 5.41) is 8.24. The number of rotatable bonds is 8. The van der Waals surface area contributed by atoms with E-state index in [2.05, 4.69) is 16.0 Å². The molecule has 0 spiro atoms. The minimum atomic E-state index is -4.51. The fourth-order valence-corrected chi connectivity index (χ4v) is 5.00. The molecule has 1 aromatic rings. The Morgan fingerprint density at radius 3 is 2.23 bits per heavy atom. The van der Waals surface area contributed by atoms with E-state index in [0.29, 0.717) is 50.8 Å². The molecule has 2 aliphatic heterocycles. The number of benzene rings is 1. The van der Waals surface area contributed by atoms with E-state index in [1.807, 2.05) is 13.8 Å². The monoisotopic (exact) mass is 553 g/mol. The minimum absolute atomic E-state index is 0.104. The zero-order valence-electron chi connectivity index (χ0n) is 22.4. The smallest absolute Gasteiger partial charge is 0.343 e. The average molecular weight is 554 g/mol. The number of halogens is 3. The van der Waals surface area contributed by atoms with Crippen molar-refractivity contribution in [1.29, 1.82) is 0 Å². The van der Waals surface area contributed by atoms with Crippen LogP contribution in [0.25, 0.3) is 0 Å². The lowest BCUT2D eigenvalue weighted by molar-refractivity contribution is -0.144. The summed E-state index contributed by atoms with van der Waals surface area (Å²) in [7, 11) is 0. The molecule has 5 N–H and O–H groups in total. The van der Waals surface area contributed by atoms with Crippen LogP contribution in [0.1, 0.15) is 63.5 Å². The molecule has 0 bridgehead atoms. The van der Waals surface area contributed by atoms with Crippen LogP contribution in [0.15, 0.2) is 24.3 Å². The molecule has 1 aromatic carbocycles. The number of amides is 4. The Kier molecular flexibility index (Phi) is 10.3. The summed E-state index contributed by atoms with van der Waals surface area (Å²) in [5.74, 6) is -2.26. The Balaban J connectivity index is 1.95. The maximum atomic E-state index is 13.6. The van der Waals surface area contributed by atoms with Gasteiger partial charge in [-0.1, -0.05) is 32.4 Å². The molecule has 0 saturated carbocycles. The summed E-state index contributed by atoms with van der Waals surface area (Å²) in [6.45, 7) is 4.46. The quantitative estimate of drug-likeness (QED) is 0.365. The number of nitrogens with zero attached hydrogens (tertiary/aromatic N) is 1. The lowest BCUT2D eigenvalue weighted by Crippen LogP contribution is -2.62. The Hall–Kier alpha value is -3.15. The first kappa shape index (κ1) is 30.4. The Bertz CT molecular complexity index is 1030. The third kappa shape index (κ3) is 7.71. The molecule has 12 heteroatoms. The molecule has 2 heterocycles. The van der Waals surface area contributed by atoms with Crippen molar-refractivity contribution in [2.75, 3.05) is 13.1 Å². The fourth-order valence-electron chi connectivity index (χ4n) is 5.00. The van der Waals surface area contributed by atoms with E-state index in [4.69, 9.17) is 5.73 Å². The van der Waals surface area contributed by atoms with Gasteiger partial charge in [0.25, 0.3) is 0 Å². The van der Waals surface area contributed by atoms with E-state index in [0.717, 1.165) is 12.1 Å². The van der Waals surface area contributed by atoms with E-state index in [-0.39, 0.29) is 24.7 Å². The van der Waals surface area contributed by atoms with Gasteiger partial charge in [-0.3, -0.25) is 19.2 Å². The first-order chi connectivity index (χ1) is 18.5. The van der Waals surface area contributed by atoms with Gasteiger partial charge in [0.15, 0.2) is 0 Å². The predicted molar refractivity (Wildman–Crippen MR) is 138 cm³/mol. The van der Waals surface area contributed by atoms with E-state index in [1.54, 1.807) is 0 Å². The number of alkyl halides is 3. The van der Waals surface area contributed by atoms with Crippen LogP contribution in [-0.4, -0.2) is 65.8 Å². The van der Waals surface area contributed by atoms with Crippen molar-refractivity contribution in [2.24, 2.45) is 11.7 Å². The fraction of sp³-hybridized carbons (Fsp3) is 0.630. The van der Waals surface area contributed by atoms with Crippen LogP contribution >= 0.6 is 0 Å². The average Bonchev–Trinajstić information content (AvgIpc) is 3.39. The van der Waals surface area contributed by atoms with Crippen molar-refractivity contribution in [3.05, 3.63) is 35.4 Å². The first-order valence-corrected chi connectivity index (χ1v) is 13.5. The number of unbranched alkanes of at least 4 members (excludes halogenated alkanes) is 1. The van der Waals surface area contributed by atoms with Crippen LogP contribution in [0.5, 0.6) is 0 Å². The zero-order valence-corrected chi connectivity index (χ0v) is 22.4. The van der Waals surface area contributed by atoms with Gasteiger partial charge in [0.1, 0.15) is 24.2 Å². The number of fused-ring (bicyclic) bond motifs is 1. The third-order valence-electron chi connectivity index (χ3n) is 7.55. The van der Waals surface area contributed by atoms with Crippen LogP contribution in [0.3, 0.4) is 0 Å². The van der Waals surface area contributed by atoms with E-state index in [9.17, 15) is 32.3 Å². The normalized spacial score (nSPS) is 25.6. The van der Waals surface area contributed by atoms with Gasteiger partial charge in [0.2, 0.25) is 23.6 Å². The van der Waals surface area contributed by atoms with Gasteiger partial charge in [-0.15, -0.1) is 0 Å². The van der Waals surface area contributed by atoms with E-state index < -0.39 is 53.6 Å². The summed E-state index contributed by atoms with van der Waals surface area (Å²) < 4.78 is 39.1. The molecule has 216 valence electrons. The second-order valence-corrected chi connectivity index (χ2v) is 10.4. The Labute approximate surface area is 226 Å². The van der Waals surface area contributed by atoms with Crippen molar-refractivity contribution in [1.82, 2.24) is 20.9 Å². The summed E-state index contributed by atoms with van der Waals surface area (Å²) in [5.41, 5.74) is 5.15. The minimum Gasteiger partial charge on any atom is -0.343 e. The van der Waals surface area contributed by atoms with E-state index in [1.165, 1.54) is 17.0 Å². The number of carbonyl (C=O) groups is 4. The van der Waals surface area contributed by atoms with Crippen LogP contribution in [0, 0.1) is 5.92 Å². The molecule has 0 radical (unpaired) electrons. The predicted octanol–water partition coefficient (Wildman–Crippen LogP) is 1.88. The standard InChI is InChI=1S/C27H38F3N5O4/c1-3-16(2)22-26(39)35-14-6-8-21(35)25(38)32-19(7-4-5-13-31)23(36)33-20(24(37)34-22)15-17-9-11-18(12-10-17)27(28,29)30/h9-12,16,19-22H,3-8,13-15,31H2,1-2H3,(H,32,38)(H,33,36)(H,34,37)/t16?,19-,20?,21+,22-/m0/s1. The zero-order chi connectivity index (χ0) is 28.7. The molecule has 0 aliphatic carbocycles. The van der Waals surface area contributed by atoms with Crippen LogP contribution in [0.2, 0.25) is 0 Å². The first-order valence-electron chi connectivity index (χ1n) is 13.5. The van der Waals surface area contributed by atoms with E-state index >= 15 is 0 Å². The van der Waals surface area contributed by atoms with Gasteiger partial charge >= 0.3 is 6.18 Å². The Morgan fingerprint density at radius 2 is 1.62 bits per heavy atom. The summed E-state index contributed by atoms with van der Waals surface area (Å²) in [6.07, 6.45) is -1.53. The highest BCUT2D eigenvalue weighted by molar-refractivity contribution is 5.98. The number of carbonyl (C=O) groups excluding carboxylic acids is 4. The number of nitrogens with one attached hydrogen (secondary N) is 3. The summed E-state index contributed by atoms with van der Waals surface area (Å²) >= 11 is 0. The van der Waals surface area contributed by atoms with Crippen LogP contribution in [-0.2, 0) is 31.8 Å². The van der Waals surface area contributed by atoms with Crippen molar-refractivity contribution in [3.63, 3.8) is 0 Å². The second kappa shape index (κ2) is 13.3. The molecule has 2 saturated heterocycles. The molecule has 4 amide bonds. The van der Waals surface area contributed by atoms with Crippen LogP contribution < -0.4 is 21.7 Å². The van der Waals surface area contributed by atoms with Gasteiger partial charge in [-0.25, -0.2) is 0 Å². The lowest BCUT2D eigenvalue weighted by atomic mass is 9.95. The SMILES string of the molecule is CCC(C)[C@@H]1NC(=O)C(Cc2ccc(C(F)(F)F)cc2)NC(=O)[C@H](CCCCN)NC(=O)[C@H]2CCCN2C1=O. The van der Waals surface area contributed by atoms with Crippen LogP contribution in [0.4, 0.5) is 13.2 Å². The largest absolute Gasteiger partial charge is 0.416 e. The van der Waals surface area contributed by atoms with Crippen molar-refractivity contribution in [3.8, 4) is 0 Å². The molecule has 9 nitrogen and oxygen atoms in total. The van der Waals surface area contributed by atoms with Crippen molar-refractivity contribution >= 4 is 23.6 Å². The van der Waals surface area contributed by atoms with Crippen molar-refractivity contribution in [2.45, 2.75) is 89.1 Å². The topological polar surface area (TPSA) is 134 Å². The molecule has 0 aromatic heterocycles. The molecule has 2 aliphatic rings. The molecule has 39 heavy (non-hydrogen) atoms. The number of hydrogen-bond acceptors (Lipinski definition) is 5. The van der Waals surface area contributed by atoms with Gasteiger partial charge < -0.3 is 26.6 Å². The number of nitrogens with two attached hydrogens (primary N) is 1. The lowest BCUT2D eigenvalue weighted by Gasteiger charge is -2.34. The molecule has 2 fully saturated rings. The highest BCUT2D eigenvalue weighted by Gasteiger charge is 2.41. The van der Waals surface area contributed by atoms with Crippen molar-refractivity contribution < 1.29 is 32.3 Å². The van der Waals surface area contributed by atoms with Gasteiger partial charge in [-0.05, 0) is 62.3 Å². The maximum absolute atomic E-state index is 13.6. The third-order valence-corrected chi connectivity index (χ3v) is 7.55. The number of hydrogen-bond donors (Lipinski definition) is 4. The molecular weight excluding hydrogens is 515 g/mol. The van der Waals surface area contributed by atoms with Gasteiger partial charge in [-0.2, -0.15) is 13.2 Å². The molecular formula is C27H38F3N5O4. The summed E-state index contributed by atoms with van der Waals surface area (Å²) in [4.78, 5) is 55.2. The van der Waals surface area contributed by atoms with Gasteiger partial charge in [0, 0.05) is 13.0 Å². The highest BCUT2D eigenvalue weighted by atomic mass is 19.4. The molecule has 3 rings (SSSR count). The highest BCUT2D eigenvalue weighted by Crippen LogP contribution is 2.29. The Morgan fingerprint density at radius 1 is 0.974 bits per heavy atom.